The number of benzene rings is 1. The average molecular weight is 333 g/mol. The Balaban J connectivity index is 1.71. The van der Waals surface area contributed by atoms with E-state index in [1.54, 1.807) is 4.90 Å². The highest BCUT2D eigenvalue weighted by Gasteiger charge is 2.19. The van der Waals surface area contributed by atoms with Crippen LogP contribution in [0.5, 0.6) is 0 Å². The minimum absolute atomic E-state index is 0.253. The van der Waals surface area contributed by atoms with Gasteiger partial charge in [0.25, 0.3) is 0 Å². The summed E-state index contributed by atoms with van der Waals surface area (Å²) in [5.74, 6) is -0.739. The van der Waals surface area contributed by atoms with Gasteiger partial charge in [0.2, 0.25) is 11.8 Å². The number of nitrogens with one attached hydrogen (secondary N) is 2. The van der Waals surface area contributed by atoms with Gasteiger partial charge in [-0.3, -0.25) is 9.59 Å². The SMILES string of the molecule is Cc1cc(C)cc(NC(=O)CC(=O)NCCN2CCCOC2=O)c1. The van der Waals surface area contributed by atoms with Gasteiger partial charge in [0.1, 0.15) is 6.42 Å². The first-order valence-corrected chi connectivity index (χ1v) is 8.00. The smallest absolute Gasteiger partial charge is 0.409 e. The van der Waals surface area contributed by atoms with Gasteiger partial charge in [0.15, 0.2) is 0 Å². The molecule has 0 radical (unpaired) electrons. The first-order chi connectivity index (χ1) is 11.4. The van der Waals surface area contributed by atoms with Crippen LogP contribution in [0.25, 0.3) is 0 Å². The van der Waals surface area contributed by atoms with E-state index in [-0.39, 0.29) is 24.3 Å². The van der Waals surface area contributed by atoms with E-state index in [2.05, 4.69) is 10.6 Å². The molecular formula is C17H23N3O4. The number of hydrogen-bond donors (Lipinski definition) is 2. The largest absolute Gasteiger partial charge is 0.449 e. The summed E-state index contributed by atoms with van der Waals surface area (Å²) in [7, 11) is 0. The van der Waals surface area contributed by atoms with Gasteiger partial charge in [-0.15, -0.1) is 0 Å². The predicted octanol–water partition coefficient (Wildman–Crippen LogP) is 1.59. The van der Waals surface area contributed by atoms with Crippen molar-refractivity contribution in [3.8, 4) is 0 Å². The highest BCUT2D eigenvalue weighted by molar-refractivity contribution is 6.03. The molecule has 1 aliphatic heterocycles. The zero-order chi connectivity index (χ0) is 17.5. The number of anilines is 1. The molecule has 2 N–H and O–H groups in total. The van der Waals surface area contributed by atoms with Crippen LogP contribution in [-0.2, 0) is 14.3 Å². The Kier molecular flexibility index (Phi) is 6.17. The topological polar surface area (TPSA) is 87.7 Å². The fraction of sp³-hybridized carbons (Fsp3) is 0.471. The van der Waals surface area contributed by atoms with Crippen molar-refractivity contribution in [2.75, 3.05) is 31.6 Å². The maximum absolute atomic E-state index is 11.9. The summed E-state index contributed by atoms with van der Waals surface area (Å²) in [6, 6.07) is 5.71. The third kappa shape index (κ3) is 5.57. The molecule has 0 atom stereocenters. The fourth-order valence-corrected chi connectivity index (χ4v) is 2.59. The number of rotatable bonds is 6. The van der Waals surface area contributed by atoms with Gasteiger partial charge >= 0.3 is 6.09 Å². The maximum Gasteiger partial charge on any atom is 0.409 e. The second-order valence-corrected chi connectivity index (χ2v) is 5.91. The summed E-state index contributed by atoms with van der Waals surface area (Å²) in [5, 5.41) is 5.36. The average Bonchev–Trinajstić information content (AvgIpc) is 2.47. The quantitative estimate of drug-likeness (QED) is 0.774. The van der Waals surface area contributed by atoms with Crippen LogP contribution in [0.2, 0.25) is 0 Å². The Morgan fingerprint density at radius 3 is 2.54 bits per heavy atom. The summed E-state index contributed by atoms with van der Waals surface area (Å²) in [6.07, 6.45) is 0.179. The van der Waals surface area contributed by atoms with Crippen LogP contribution in [0.3, 0.4) is 0 Å². The van der Waals surface area contributed by atoms with E-state index >= 15 is 0 Å². The van der Waals surface area contributed by atoms with Gasteiger partial charge in [-0.05, 0) is 43.5 Å². The Labute approximate surface area is 141 Å². The third-order valence-electron chi connectivity index (χ3n) is 3.59. The van der Waals surface area contributed by atoms with Gasteiger partial charge < -0.3 is 20.3 Å². The molecule has 1 saturated heterocycles. The van der Waals surface area contributed by atoms with Crippen molar-refractivity contribution >= 4 is 23.6 Å². The van der Waals surface area contributed by atoms with E-state index in [0.717, 1.165) is 17.5 Å². The lowest BCUT2D eigenvalue weighted by Gasteiger charge is -2.26. The fourth-order valence-electron chi connectivity index (χ4n) is 2.59. The Hall–Kier alpha value is -2.57. The Morgan fingerprint density at radius 2 is 1.88 bits per heavy atom. The predicted molar refractivity (Wildman–Crippen MR) is 89.7 cm³/mol. The van der Waals surface area contributed by atoms with E-state index in [1.807, 2.05) is 32.0 Å². The van der Waals surface area contributed by atoms with E-state index in [1.165, 1.54) is 0 Å². The molecule has 0 aliphatic carbocycles. The van der Waals surface area contributed by atoms with Crippen molar-refractivity contribution in [3.63, 3.8) is 0 Å². The molecule has 3 amide bonds. The van der Waals surface area contributed by atoms with Gasteiger partial charge in [-0.1, -0.05) is 6.07 Å². The highest BCUT2D eigenvalue weighted by Crippen LogP contribution is 2.13. The molecule has 7 heteroatoms. The van der Waals surface area contributed by atoms with Crippen LogP contribution in [0.4, 0.5) is 10.5 Å². The minimum atomic E-state index is -0.373. The molecule has 0 unspecified atom stereocenters. The van der Waals surface area contributed by atoms with Crippen molar-refractivity contribution in [3.05, 3.63) is 29.3 Å². The number of cyclic esters (lactones) is 1. The second kappa shape index (κ2) is 8.33. The van der Waals surface area contributed by atoms with Crippen LogP contribution in [0, 0.1) is 13.8 Å². The molecule has 0 saturated carbocycles. The molecule has 2 rings (SSSR count). The molecule has 130 valence electrons. The van der Waals surface area contributed by atoms with Crippen LogP contribution in [-0.4, -0.2) is 49.0 Å². The summed E-state index contributed by atoms with van der Waals surface area (Å²) in [6.45, 7) is 5.64. The van der Waals surface area contributed by atoms with E-state index in [4.69, 9.17) is 4.74 Å². The minimum Gasteiger partial charge on any atom is -0.449 e. The van der Waals surface area contributed by atoms with Crippen molar-refractivity contribution in [1.29, 1.82) is 0 Å². The second-order valence-electron chi connectivity index (χ2n) is 5.91. The van der Waals surface area contributed by atoms with Crippen molar-refractivity contribution in [2.45, 2.75) is 26.7 Å². The first-order valence-electron chi connectivity index (χ1n) is 8.00. The number of ether oxygens (including phenoxy) is 1. The van der Waals surface area contributed by atoms with Crippen molar-refractivity contribution in [2.24, 2.45) is 0 Å². The van der Waals surface area contributed by atoms with Gasteiger partial charge in [0, 0.05) is 25.3 Å². The molecule has 0 spiro atoms. The zero-order valence-corrected chi connectivity index (χ0v) is 14.1. The van der Waals surface area contributed by atoms with Crippen LogP contribution >= 0.6 is 0 Å². The van der Waals surface area contributed by atoms with Gasteiger partial charge in [0.05, 0.1) is 6.61 Å². The van der Waals surface area contributed by atoms with Crippen LogP contribution < -0.4 is 10.6 Å². The maximum atomic E-state index is 11.9. The first kappa shape index (κ1) is 17.8. The third-order valence-corrected chi connectivity index (χ3v) is 3.59. The molecule has 1 heterocycles. The molecular weight excluding hydrogens is 310 g/mol. The van der Waals surface area contributed by atoms with Crippen LogP contribution in [0.1, 0.15) is 24.0 Å². The molecule has 1 aliphatic rings. The monoisotopic (exact) mass is 333 g/mol. The van der Waals surface area contributed by atoms with E-state index in [0.29, 0.717) is 31.9 Å². The zero-order valence-electron chi connectivity index (χ0n) is 14.1. The van der Waals surface area contributed by atoms with E-state index < -0.39 is 0 Å². The number of aryl methyl sites for hydroxylation is 2. The molecule has 1 aromatic rings. The number of nitrogens with zero attached hydrogens (tertiary/aromatic N) is 1. The number of carbonyl (C=O) groups is 3. The van der Waals surface area contributed by atoms with E-state index in [9.17, 15) is 14.4 Å². The normalized spacial score (nSPS) is 14.1. The standard InChI is InChI=1S/C17H23N3O4/c1-12-8-13(2)10-14(9-12)19-16(22)11-15(21)18-4-6-20-5-3-7-24-17(20)23/h8-10H,3-7,11H2,1-2H3,(H,18,21)(H,19,22). The van der Waals surface area contributed by atoms with Gasteiger partial charge in [-0.25, -0.2) is 4.79 Å². The van der Waals surface area contributed by atoms with Gasteiger partial charge in [-0.2, -0.15) is 0 Å². The van der Waals surface area contributed by atoms with Crippen molar-refractivity contribution < 1.29 is 19.1 Å². The Morgan fingerprint density at radius 1 is 1.17 bits per heavy atom. The molecule has 0 bridgehead atoms. The van der Waals surface area contributed by atoms with Crippen LogP contribution in [0.15, 0.2) is 18.2 Å². The molecule has 7 nitrogen and oxygen atoms in total. The summed E-state index contributed by atoms with van der Waals surface area (Å²) in [5.41, 5.74) is 2.77. The lowest BCUT2D eigenvalue weighted by Crippen LogP contribution is -2.42. The lowest BCUT2D eigenvalue weighted by molar-refractivity contribution is -0.126. The molecule has 24 heavy (non-hydrogen) atoms. The Bertz CT molecular complexity index is 610. The summed E-state index contributed by atoms with van der Waals surface area (Å²) < 4.78 is 4.91. The summed E-state index contributed by atoms with van der Waals surface area (Å²) >= 11 is 0. The summed E-state index contributed by atoms with van der Waals surface area (Å²) in [4.78, 5) is 36.7. The number of carbonyl (C=O) groups excluding carboxylic acids is 3. The molecule has 0 aromatic heterocycles. The molecule has 1 fully saturated rings. The highest BCUT2D eigenvalue weighted by atomic mass is 16.6. The number of amides is 3. The number of hydrogen-bond acceptors (Lipinski definition) is 4. The molecule has 1 aromatic carbocycles. The van der Waals surface area contributed by atoms with Crippen molar-refractivity contribution in [1.82, 2.24) is 10.2 Å². The lowest BCUT2D eigenvalue weighted by atomic mass is 10.1.